The second kappa shape index (κ2) is 4.81. The van der Waals surface area contributed by atoms with Crippen LogP contribution in [0.25, 0.3) is 11.1 Å². The maximum absolute atomic E-state index is 9.42. The monoisotopic (exact) mass is 276 g/mol. The highest BCUT2D eigenvalue weighted by atomic mass is 79.9. The Hall–Kier alpha value is -1.12. The van der Waals surface area contributed by atoms with Crippen LogP contribution >= 0.6 is 15.9 Å². The van der Waals surface area contributed by atoms with E-state index in [4.69, 9.17) is 0 Å². The van der Waals surface area contributed by atoms with Gasteiger partial charge >= 0.3 is 0 Å². The second-order valence-electron chi connectivity index (χ2n) is 3.80. The predicted molar refractivity (Wildman–Crippen MR) is 70.2 cm³/mol. The molecule has 1 atom stereocenters. The Morgan fingerprint density at radius 3 is 1.75 bits per heavy atom. The van der Waals surface area contributed by atoms with Crippen molar-refractivity contribution in [2.45, 2.75) is 13.0 Å². The van der Waals surface area contributed by atoms with Gasteiger partial charge < -0.3 is 5.11 Å². The summed E-state index contributed by atoms with van der Waals surface area (Å²) in [5.74, 6) is 0. The van der Waals surface area contributed by atoms with Gasteiger partial charge in [0, 0.05) is 4.47 Å². The molecular weight excluding hydrogens is 264 g/mol. The van der Waals surface area contributed by atoms with Crippen LogP contribution in [0.1, 0.15) is 18.6 Å². The highest BCUT2D eigenvalue weighted by Crippen LogP contribution is 2.23. The minimum Gasteiger partial charge on any atom is -0.389 e. The number of aliphatic hydroxyl groups excluding tert-OH is 1. The largest absolute Gasteiger partial charge is 0.389 e. The van der Waals surface area contributed by atoms with Crippen LogP contribution in [0.3, 0.4) is 0 Å². The van der Waals surface area contributed by atoms with Crippen LogP contribution in [-0.2, 0) is 0 Å². The zero-order valence-corrected chi connectivity index (χ0v) is 10.6. The first kappa shape index (κ1) is 11.4. The number of rotatable bonds is 2. The van der Waals surface area contributed by atoms with Crippen LogP contribution in [0.2, 0.25) is 0 Å². The van der Waals surface area contributed by atoms with Crippen LogP contribution in [0, 0.1) is 0 Å². The van der Waals surface area contributed by atoms with Crippen LogP contribution in [-0.4, -0.2) is 5.11 Å². The molecule has 0 aliphatic heterocycles. The normalized spacial score (nSPS) is 12.4. The molecule has 1 N–H and O–H groups in total. The number of halogens is 1. The fraction of sp³-hybridized carbons (Fsp3) is 0.143. The topological polar surface area (TPSA) is 20.2 Å². The zero-order chi connectivity index (χ0) is 11.5. The zero-order valence-electron chi connectivity index (χ0n) is 9.02. The summed E-state index contributed by atoms with van der Waals surface area (Å²) in [6.07, 6.45) is -0.404. The third kappa shape index (κ3) is 2.52. The average Bonchev–Trinajstić information content (AvgIpc) is 2.30. The highest BCUT2D eigenvalue weighted by molar-refractivity contribution is 9.10. The van der Waals surface area contributed by atoms with Crippen molar-refractivity contribution in [3.63, 3.8) is 0 Å². The van der Waals surface area contributed by atoms with E-state index in [9.17, 15) is 5.11 Å². The molecule has 0 aromatic heterocycles. The number of hydrogen-bond acceptors (Lipinski definition) is 1. The molecule has 2 aromatic carbocycles. The van der Waals surface area contributed by atoms with Gasteiger partial charge in [-0.05, 0) is 35.7 Å². The third-order valence-electron chi connectivity index (χ3n) is 2.57. The van der Waals surface area contributed by atoms with E-state index in [1.807, 2.05) is 36.4 Å². The van der Waals surface area contributed by atoms with Crippen LogP contribution in [0.4, 0.5) is 0 Å². The van der Waals surface area contributed by atoms with Crippen molar-refractivity contribution in [3.8, 4) is 11.1 Å². The van der Waals surface area contributed by atoms with Gasteiger partial charge in [0.1, 0.15) is 0 Å². The Kier molecular flexibility index (Phi) is 3.42. The lowest BCUT2D eigenvalue weighted by Gasteiger charge is -2.06. The van der Waals surface area contributed by atoms with E-state index in [0.29, 0.717) is 0 Å². The molecule has 1 nitrogen and oxygen atoms in total. The van der Waals surface area contributed by atoms with E-state index in [1.54, 1.807) is 6.92 Å². The number of benzene rings is 2. The number of hydrogen-bond donors (Lipinski definition) is 1. The van der Waals surface area contributed by atoms with Crippen LogP contribution in [0.5, 0.6) is 0 Å². The van der Waals surface area contributed by atoms with Crippen LogP contribution < -0.4 is 0 Å². The molecule has 2 rings (SSSR count). The van der Waals surface area contributed by atoms with Gasteiger partial charge in [-0.3, -0.25) is 0 Å². The van der Waals surface area contributed by atoms with Crippen molar-refractivity contribution in [3.05, 3.63) is 58.6 Å². The summed E-state index contributed by atoms with van der Waals surface area (Å²) in [4.78, 5) is 0. The molecule has 0 spiro atoms. The number of aliphatic hydroxyl groups is 1. The van der Waals surface area contributed by atoms with E-state index >= 15 is 0 Å². The van der Waals surface area contributed by atoms with E-state index < -0.39 is 6.10 Å². The Morgan fingerprint density at radius 1 is 0.875 bits per heavy atom. The summed E-state index contributed by atoms with van der Waals surface area (Å²) in [7, 11) is 0. The minimum atomic E-state index is -0.404. The third-order valence-corrected chi connectivity index (χ3v) is 3.10. The SMILES string of the molecule is C[C@@H](O)c1ccc(-c2ccc(Br)cc2)cc1. The summed E-state index contributed by atoms with van der Waals surface area (Å²) in [6, 6.07) is 16.2. The second-order valence-corrected chi connectivity index (χ2v) is 4.72. The Balaban J connectivity index is 2.31. The Morgan fingerprint density at radius 2 is 1.31 bits per heavy atom. The first-order chi connectivity index (χ1) is 7.66. The van der Waals surface area contributed by atoms with Crippen molar-refractivity contribution in [1.29, 1.82) is 0 Å². The van der Waals surface area contributed by atoms with Crippen molar-refractivity contribution in [2.24, 2.45) is 0 Å². The standard InChI is InChI=1S/C14H13BrO/c1-10(16)11-2-4-12(5-3-11)13-6-8-14(15)9-7-13/h2-10,16H,1H3/t10-/m1/s1. The molecule has 0 radical (unpaired) electrons. The highest BCUT2D eigenvalue weighted by Gasteiger charge is 2.01. The fourth-order valence-electron chi connectivity index (χ4n) is 1.60. The van der Waals surface area contributed by atoms with Crippen molar-refractivity contribution >= 4 is 15.9 Å². The maximum atomic E-state index is 9.42. The van der Waals surface area contributed by atoms with E-state index in [-0.39, 0.29) is 0 Å². The lowest BCUT2D eigenvalue weighted by atomic mass is 10.0. The molecule has 2 heteroatoms. The summed E-state index contributed by atoms with van der Waals surface area (Å²) in [5, 5.41) is 9.42. The van der Waals surface area contributed by atoms with E-state index in [0.717, 1.165) is 15.6 Å². The fourth-order valence-corrected chi connectivity index (χ4v) is 1.86. The van der Waals surface area contributed by atoms with Gasteiger partial charge in [-0.1, -0.05) is 52.3 Å². The Labute approximate surface area is 104 Å². The molecule has 0 fully saturated rings. The molecule has 0 bridgehead atoms. The molecule has 0 saturated heterocycles. The van der Waals surface area contributed by atoms with Gasteiger partial charge in [0.25, 0.3) is 0 Å². The minimum absolute atomic E-state index is 0.404. The molecule has 82 valence electrons. The van der Waals surface area contributed by atoms with Crippen LogP contribution in [0.15, 0.2) is 53.0 Å². The molecule has 0 unspecified atom stereocenters. The van der Waals surface area contributed by atoms with Gasteiger partial charge in [0.2, 0.25) is 0 Å². The van der Waals surface area contributed by atoms with Gasteiger partial charge in [0.15, 0.2) is 0 Å². The molecule has 0 heterocycles. The van der Waals surface area contributed by atoms with Crippen molar-refractivity contribution in [1.82, 2.24) is 0 Å². The molecule has 0 saturated carbocycles. The summed E-state index contributed by atoms with van der Waals surface area (Å²) < 4.78 is 1.08. The first-order valence-corrected chi connectivity index (χ1v) is 6.00. The van der Waals surface area contributed by atoms with Gasteiger partial charge in [-0.2, -0.15) is 0 Å². The summed E-state index contributed by atoms with van der Waals surface area (Å²) >= 11 is 3.42. The molecule has 16 heavy (non-hydrogen) atoms. The summed E-state index contributed by atoms with van der Waals surface area (Å²) in [6.45, 7) is 1.77. The van der Waals surface area contributed by atoms with E-state index in [2.05, 4.69) is 28.1 Å². The van der Waals surface area contributed by atoms with Crippen molar-refractivity contribution < 1.29 is 5.11 Å². The quantitative estimate of drug-likeness (QED) is 0.873. The lowest BCUT2D eigenvalue weighted by molar-refractivity contribution is 0.199. The molecular formula is C14H13BrO. The molecule has 2 aromatic rings. The van der Waals surface area contributed by atoms with Crippen molar-refractivity contribution in [2.75, 3.05) is 0 Å². The first-order valence-electron chi connectivity index (χ1n) is 5.21. The average molecular weight is 277 g/mol. The van der Waals surface area contributed by atoms with Gasteiger partial charge in [0.05, 0.1) is 6.10 Å². The maximum Gasteiger partial charge on any atom is 0.0761 e. The predicted octanol–water partition coefficient (Wildman–Crippen LogP) is 4.17. The molecule has 0 amide bonds. The summed E-state index contributed by atoms with van der Waals surface area (Å²) in [5.41, 5.74) is 3.29. The van der Waals surface area contributed by atoms with Gasteiger partial charge in [-0.15, -0.1) is 0 Å². The lowest BCUT2D eigenvalue weighted by Crippen LogP contribution is -1.89. The molecule has 0 aliphatic rings. The van der Waals surface area contributed by atoms with Gasteiger partial charge in [-0.25, -0.2) is 0 Å². The Bertz CT molecular complexity index is 457. The molecule has 0 aliphatic carbocycles. The smallest absolute Gasteiger partial charge is 0.0761 e. The van der Waals surface area contributed by atoms with E-state index in [1.165, 1.54) is 5.56 Å².